The number of sulfonamides is 1. The zero-order valence-corrected chi connectivity index (χ0v) is 11.5. The van der Waals surface area contributed by atoms with E-state index >= 15 is 0 Å². The second-order valence-electron chi connectivity index (χ2n) is 3.72. The third-order valence-electron chi connectivity index (χ3n) is 2.17. The van der Waals surface area contributed by atoms with Gasteiger partial charge in [0, 0.05) is 6.20 Å². The van der Waals surface area contributed by atoms with Crippen LogP contribution in [0.2, 0.25) is 5.15 Å². The first-order chi connectivity index (χ1) is 9.37. The number of nitrogens with one attached hydrogen (secondary N) is 1. The Kier molecular flexibility index (Phi) is 3.91. The van der Waals surface area contributed by atoms with Crippen LogP contribution in [0.15, 0.2) is 35.5 Å². The Morgan fingerprint density at radius 2 is 2.20 bits per heavy atom. The van der Waals surface area contributed by atoms with Gasteiger partial charge >= 0.3 is 5.97 Å². The molecule has 0 unspecified atom stereocenters. The molecule has 2 aromatic heterocycles. The predicted octanol–water partition coefficient (Wildman–Crippen LogP) is 0.817. The molecule has 2 aromatic rings. The lowest BCUT2D eigenvalue weighted by Crippen LogP contribution is -2.13. The topological polar surface area (TPSA) is 114 Å². The number of pyridine rings is 1. The largest absolute Gasteiger partial charge is 0.480 e. The Bertz CT molecular complexity index is 743. The first kappa shape index (κ1) is 14.3. The Morgan fingerprint density at radius 3 is 2.85 bits per heavy atom. The number of carboxylic acid groups (broad SMARTS) is 1. The number of anilines is 1. The van der Waals surface area contributed by atoms with Crippen LogP contribution in [0.3, 0.4) is 0 Å². The highest BCUT2D eigenvalue weighted by Gasteiger charge is 2.18. The molecule has 2 heterocycles. The second kappa shape index (κ2) is 5.47. The molecule has 0 saturated heterocycles. The number of hydrogen-bond donors (Lipinski definition) is 2. The average Bonchev–Trinajstić information content (AvgIpc) is 2.76. The summed E-state index contributed by atoms with van der Waals surface area (Å²) in [5, 5.41) is 12.4. The van der Waals surface area contributed by atoms with Gasteiger partial charge in [0.05, 0.1) is 6.20 Å². The molecule has 0 aliphatic rings. The molecule has 10 heteroatoms. The van der Waals surface area contributed by atoms with Gasteiger partial charge in [-0.2, -0.15) is 5.10 Å². The van der Waals surface area contributed by atoms with Crippen molar-refractivity contribution in [2.75, 3.05) is 4.72 Å². The molecule has 2 rings (SSSR count). The molecule has 0 amide bonds. The Hall–Kier alpha value is -2.13. The highest BCUT2D eigenvalue weighted by atomic mass is 35.5. The van der Waals surface area contributed by atoms with Crippen molar-refractivity contribution in [2.24, 2.45) is 0 Å². The number of aliphatic carboxylic acids is 1. The Morgan fingerprint density at radius 1 is 1.45 bits per heavy atom. The van der Waals surface area contributed by atoms with Gasteiger partial charge in [-0.05, 0) is 12.1 Å². The summed E-state index contributed by atoms with van der Waals surface area (Å²) in [7, 11) is -3.89. The minimum atomic E-state index is -3.89. The standard InChI is InChI=1S/C10H9ClN4O4S/c11-8-2-1-3-9(13-8)14-20(18,19)7-4-12-15(5-7)6-10(16)17/h1-5H,6H2,(H,13,14)(H,16,17). The fraction of sp³-hybridized carbons (Fsp3) is 0.100. The van der Waals surface area contributed by atoms with Gasteiger partial charge in [0.25, 0.3) is 10.0 Å². The summed E-state index contributed by atoms with van der Waals surface area (Å²) in [4.78, 5) is 14.1. The molecule has 8 nitrogen and oxygen atoms in total. The number of nitrogens with zero attached hydrogens (tertiary/aromatic N) is 3. The van der Waals surface area contributed by atoms with Crippen LogP contribution in [-0.2, 0) is 21.4 Å². The third kappa shape index (κ3) is 3.45. The van der Waals surface area contributed by atoms with Crippen LogP contribution in [0.4, 0.5) is 5.82 Å². The van der Waals surface area contributed by atoms with E-state index in [0.717, 1.165) is 17.1 Å². The molecule has 0 bridgehead atoms. The third-order valence-corrected chi connectivity index (χ3v) is 3.69. The number of rotatable bonds is 5. The summed E-state index contributed by atoms with van der Waals surface area (Å²) in [5.74, 6) is -1.06. The molecule has 2 N–H and O–H groups in total. The summed E-state index contributed by atoms with van der Waals surface area (Å²) >= 11 is 5.65. The smallest absolute Gasteiger partial charge is 0.325 e. The quantitative estimate of drug-likeness (QED) is 0.789. The number of aromatic nitrogens is 3. The normalized spacial score (nSPS) is 11.2. The van der Waals surface area contributed by atoms with Crippen LogP contribution in [-0.4, -0.2) is 34.3 Å². The minimum Gasteiger partial charge on any atom is -0.480 e. The molecular weight excluding hydrogens is 308 g/mol. The SMILES string of the molecule is O=C(O)Cn1cc(S(=O)(=O)Nc2cccc(Cl)n2)cn1. The molecule has 0 atom stereocenters. The average molecular weight is 317 g/mol. The van der Waals surface area contributed by atoms with E-state index in [0.29, 0.717) is 0 Å². The van der Waals surface area contributed by atoms with Crippen LogP contribution < -0.4 is 4.72 Å². The monoisotopic (exact) mass is 316 g/mol. The molecule has 0 radical (unpaired) electrons. The van der Waals surface area contributed by atoms with Gasteiger partial charge in [0.15, 0.2) is 0 Å². The lowest BCUT2D eigenvalue weighted by atomic mass is 10.5. The van der Waals surface area contributed by atoms with E-state index in [1.54, 1.807) is 6.07 Å². The highest BCUT2D eigenvalue weighted by molar-refractivity contribution is 7.92. The van der Waals surface area contributed by atoms with Gasteiger partial charge in [0.2, 0.25) is 0 Å². The van der Waals surface area contributed by atoms with Crippen molar-refractivity contribution in [3.63, 3.8) is 0 Å². The number of halogens is 1. The zero-order chi connectivity index (χ0) is 14.8. The Labute approximate surface area is 119 Å². The number of hydrogen-bond acceptors (Lipinski definition) is 5. The maximum Gasteiger partial charge on any atom is 0.325 e. The summed E-state index contributed by atoms with van der Waals surface area (Å²) in [6.07, 6.45) is 2.16. The van der Waals surface area contributed by atoms with Crippen LogP contribution in [0.5, 0.6) is 0 Å². The van der Waals surface area contributed by atoms with Crippen molar-refractivity contribution in [3.8, 4) is 0 Å². The van der Waals surface area contributed by atoms with Crippen molar-refractivity contribution in [1.29, 1.82) is 0 Å². The molecule has 0 aromatic carbocycles. The summed E-state index contributed by atoms with van der Waals surface area (Å²) in [6.45, 7) is -0.426. The van der Waals surface area contributed by atoms with Crippen molar-refractivity contribution >= 4 is 33.4 Å². The van der Waals surface area contributed by atoms with Gasteiger partial charge in [0.1, 0.15) is 22.4 Å². The van der Waals surface area contributed by atoms with E-state index in [2.05, 4.69) is 14.8 Å². The van der Waals surface area contributed by atoms with Crippen molar-refractivity contribution in [1.82, 2.24) is 14.8 Å². The van der Waals surface area contributed by atoms with Crippen LogP contribution in [0, 0.1) is 0 Å². The van der Waals surface area contributed by atoms with Gasteiger partial charge in [-0.15, -0.1) is 0 Å². The van der Waals surface area contributed by atoms with E-state index in [1.165, 1.54) is 12.1 Å². The molecule has 0 spiro atoms. The van der Waals surface area contributed by atoms with Crippen molar-refractivity contribution in [2.45, 2.75) is 11.4 Å². The van der Waals surface area contributed by atoms with Gasteiger partial charge in [-0.25, -0.2) is 13.4 Å². The first-order valence-corrected chi connectivity index (χ1v) is 7.12. The van der Waals surface area contributed by atoms with E-state index in [9.17, 15) is 13.2 Å². The first-order valence-electron chi connectivity index (χ1n) is 5.26. The maximum atomic E-state index is 12.0. The van der Waals surface area contributed by atoms with E-state index in [4.69, 9.17) is 16.7 Å². The fourth-order valence-electron chi connectivity index (χ4n) is 1.37. The lowest BCUT2D eigenvalue weighted by Gasteiger charge is -2.04. The van der Waals surface area contributed by atoms with Crippen LogP contribution in [0.25, 0.3) is 0 Å². The minimum absolute atomic E-state index is 0.0588. The number of carboxylic acids is 1. The van der Waals surface area contributed by atoms with Crippen molar-refractivity contribution in [3.05, 3.63) is 35.7 Å². The maximum absolute atomic E-state index is 12.0. The predicted molar refractivity (Wildman–Crippen MR) is 69.9 cm³/mol. The molecule has 0 fully saturated rings. The fourth-order valence-corrected chi connectivity index (χ4v) is 2.49. The molecule has 0 aliphatic heterocycles. The van der Waals surface area contributed by atoms with Crippen molar-refractivity contribution < 1.29 is 18.3 Å². The summed E-state index contributed by atoms with van der Waals surface area (Å²) < 4.78 is 27.3. The van der Waals surface area contributed by atoms with Gasteiger partial charge < -0.3 is 5.11 Å². The van der Waals surface area contributed by atoms with Crippen LogP contribution in [0.1, 0.15) is 0 Å². The zero-order valence-electron chi connectivity index (χ0n) is 9.89. The second-order valence-corrected chi connectivity index (χ2v) is 5.79. The number of carbonyl (C=O) groups is 1. The van der Waals surface area contributed by atoms with Crippen LogP contribution >= 0.6 is 11.6 Å². The van der Waals surface area contributed by atoms with Gasteiger partial charge in [-0.1, -0.05) is 17.7 Å². The molecule has 0 saturated carbocycles. The molecular formula is C10H9ClN4O4S. The molecule has 0 aliphatic carbocycles. The highest BCUT2D eigenvalue weighted by Crippen LogP contribution is 2.15. The summed E-state index contributed by atoms with van der Waals surface area (Å²) in [6, 6.07) is 4.48. The Balaban J connectivity index is 2.22. The molecule has 106 valence electrons. The van der Waals surface area contributed by atoms with E-state index < -0.39 is 22.5 Å². The molecule has 20 heavy (non-hydrogen) atoms. The lowest BCUT2D eigenvalue weighted by molar-refractivity contribution is -0.137. The van der Waals surface area contributed by atoms with Gasteiger partial charge in [-0.3, -0.25) is 14.2 Å². The van der Waals surface area contributed by atoms with E-state index in [1.807, 2.05) is 0 Å². The van der Waals surface area contributed by atoms with E-state index in [-0.39, 0.29) is 15.9 Å². The summed E-state index contributed by atoms with van der Waals surface area (Å²) in [5.41, 5.74) is 0.